The molecule has 0 radical (unpaired) electrons. The molecule has 1 aliphatic carbocycles. The van der Waals surface area contributed by atoms with Crippen LogP contribution in [-0.2, 0) is 0 Å². The van der Waals surface area contributed by atoms with E-state index >= 15 is 0 Å². The summed E-state index contributed by atoms with van der Waals surface area (Å²) in [6, 6.07) is 0.706. The zero-order chi connectivity index (χ0) is 14.3. The maximum absolute atomic E-state index is 9.28. The molecule has 114 valence electrons. The first-order valence-corrected chi connectivity index (χ1v) is 8.02. The Morgan fingerprint density at radius 1 is 1.21 bits per heavy atom. The molecule has 0 heterocycles. The van der Waals surface area contributed by atoms with Crippen LogP contribution in [0.2, 0.25) is 0 Å². The average Bonchev–Trinajstić information content (AvgIpc) is 2.36. The lowest BCUT2D eigenvalue weighted by molar-refractivity contribution is 0.107. The molecule has 2 N–H and O–H groups in total. The maximum Gasteiger partial charge on any atom is 0.0558 e. The smallest absolute Gasteiger partial charge is 0.0558 e. The van der Waals surface area contributed by atoms with Crippen LogP contribution in [0.15, 0.2) is 0 Å². The van der Waals surface area contributed by atoms with E-state index in [1.54, 1.807) is 0 Å². The topological polar surface area (TPSA) is 35.5 Å². The highest BCUT2D eigenvalue weighted by atomic mass is 16.3. The summed E-state index contributed by atoms with van der Waals surface area (Å²) in [5.41, 5.74) is 0.195. The van der Waals surface area contributed by atoms with Crippen molar-refractivity contribution in [3.05, 3.63) is 0 Å². The van der Waals surface area contributed by atoms with Crippen molar-refractivity contribution >= 4 is 0 Å². The van der Waals surface area contributed by atoms with E-state index in [9.17, 15) is 5.11 Å². The molecule has 1 atom stereocenters. The van der Waals surface area contributed by atoms with Crippen molar-refractivity contribution in [2.24, 2.45) is 5.92 Å². The fourth-order valence-corrected chi connectivity index (χ4v) is 2.94. The first-order valence-electron chi connectivity index (χ1n) is 8.02. The Kier molecular flexibility index (Phi) is 7.33. The van der Waals surface area contributed by atoms with Crippen molar-refractivity contribution in [2.75, 3.05) is 26.2 Å². The van der Waals surface area contributed by atoms with E-state index in [1.165, 1.54) is 32.1 Å². The van der Waals surface area contributed by atoms with Gasteiger partial charge in [0.1, 0.15) is 0 Å². The number of nitrogens with one attached hydrogen (secondary N) is 1. The number of aliphatic hydroxyl groups excluding tert-OH is 1. The lowest BCUT2D eigenvalue weighted by Gasteiger charge is -2.36. The molecule has 3 nitrogen and oxygen atoms in total. The molecule has 0 aromatic rings. The summed E-state index contributed by atoms with van der Waals surface area (Å²) >= 11 is 0. The molecule has 0 aliphatic heterocycles. The van der Waals surface area contributed by atoms with Gasteiger partial charge in [0.25, 0.3) is 0 Å². The van der Waals surface area contributed by atoms with Gasteiger partial charge in [-0.1, -0.05) is 26.2 Å². The summed E-state index contributed by atoms with van der Waals surface area (Å²) in [4.78, 5) is 2.52. The second kappa shape index (κ2) is 8.23. The zero-order valence-corrected chi connectivity index (χ0v) is 13.4. The monoisotopic (exact) mass is 270 g/mol. The van der Waals surface area contributed by atoms with Crippen LogP contribution in [0.25, 0.3) is 0 Å². The van der Waals surface area contributed by atoms with E-state index in [0.29, 0.717) is 12.0 Å². The van der Waals surface area contributed by atoms with Gasteiger partial charge in [-0.15, -0.1) is 0 Å². The molecule has 0 aromatic carbocycles. The Morgan fingerprint density at radius 2 is 1.84 bits per heavy atom. The quantitative estimate of drug-likeness (QED) is 0.746. The van der Waals surface area contributed by atoms with Crippen molar-refractivity contribution in [3.63, 3.8) is 0 Å². The molecule has 1 fully saturated rings. The van der Waals surface area contributed by atoms with E-state index in [2.05, 4.69) is 37.9 Å². The van der Waals surface area contributed by atoms with E-state index in [-0.39, 0.29) is 12.1 Å². The first kappa shape index (κ1) is 16.9. The molecular weight excluding hydrogens is 236 g/mol. The van der Waals surface area contributed by atoms with E-state index < -0.39 is 0 Å². The number of aliphatic hydroxyl groups is 1. The van der Waals surface area contributed by atoms with Gasteiger partial charge in [-0.25, -0.2) is 0 Å². The average molecular weight is 270 g/mol. The third-order valence-electron chi connectivity index (χ3n) is 4.01. The Labute approximate surface area is 119 Å². The largest absolute Gasteiger partial charge is 0.395 e. The van der Waals surface area contributed by atoms with Gasteiger partial charge in [-0.3, -0.25) is 4.90 Å². The minimum absolute atomic E-state index is 0.195. The summed E-state index contributed by atoms with van der Waals surface area (Å²) in [5.74, 6) is 0.632. The van der Waals surface area contributed by atoms with Crippen LogP contribution >= 0.6 is 0 Å². The predicted molar refractivity (Wildman–Crippen MR) is 82.5 cm³/mol. The number of rotatable bonds is 7. The molecule has 1 rings (SSSR count). The van der Waals surface area contributed by atoms with E-state index in [4.69, 9.17) is 0 Å². The van der Waals surface area contributed by atoms with Gasteiger partial charge in [0.15, 0.2) is 0 Å². The fourth-order valence-electron chi connectivity index (χ4n) is 2.94. The molecule has 0 spiro atoms. The van der Waals surface area contributed by atoms with Crippen LogP contribution in [0, 0.1) is 5.92 Å². The molecule has 0 aromatic heterocycles. The van der Waals surface area contributed by atoms with Crippen molar-refractivity contribution in [1.82, 2.24) is 10.2 Å². The summed E-state index contributed by atoms with van der Waals surface area (Å²) < 4.78 is 0. The van der Waals surface area contributed by atoms with Crippen molar-refractivity contribution in [3.8, 4) is 0 Å². The summed E-state index contributed by atoms with van der Waals surface area (Å²) in [5, 5.41) is 12.9. The molecule has 1 aliphatic rings. The predicted octanol–water partition coefficient (Wildman–Crippen LogP) is 2.64. The molecule has 1 saturated carbocycles. The van der Waals surface area contributed by atoms with Crippen LogP contribution in [-0.4, -0.2) is 47.8 Å². The normalized spacial score (nSPS) is 19.9. The molecule has 19 heavy (non-hydrogen) atoms. The van der Waals surface area contributed by atoms with E-state index in [0.717, 1.165) is 19.6 Å². The van der Waals surface area contributed by atoms with Gasteiger partial charge in [-0.05, 0) is 46.1 Å². The van der Waals surface area contributed by atoms with Gasteiger partial charge in [-0.2, -0.15) is 0 Å². The zero-order valence-electron chi connectivity index (χ0n) is 13.4. The molecule has 0 bridgehead atoms. The summed E-state index contributed by atoms with van der Waals surface area (Å²) in [6.07, 6.45) is 6.76. The van der Waals surface area contributed by atoms with Gasteiger partial charge in [0.05, 0.1) is 6.61 Å². The number of hydrogen-bond donors (Lipinski definition) is 2. The fraction of sp³-hybridized carbons (Fsp3) is 1.00. The minimum Gasteiger partial charge on any atom is -0.395 e. The standard InChI is InChI=1S/C16H34N2O/c1-14(12-17-16(2,3)4)13-18(10-11-19)15-8-6-5-7-9-15/h14-15,17,19H,5-13H2,1-4H3. The maximum atomic E-state index is 9.28. The van der Waals surface area contributed by atoms with Crippen LogP contribution in [0.4, 0.5) is 0 Å². The van der Waals surface area contributed by atoms with Crippen molar-refractivity contribution < 1.29 is 5.11 Å². The number of nitrogens with zero attached hydrogens (tertiary/aromatic N) is 1. The Balaban J connectivity index is 2.38. The van der Waals surface area contributed by atoms with Gasteiger partial charge >= 0.3 is 0 Å². The molecule has 1 unspecified atom stereocenters. The van der Waals surface area contributed by atoms with Crippen molar-refractivity contribution in [1.29, 1.82) is 0 Å². The summed E-state index contributed by atoms with van der Waals surface area (Å²) in [6.45, 7) is 12.2. The number of hydrogen-bond acceptors (Lipinski definition) is 3. The molecule has 3 heteroatoms. The van der Waals surface area contributed by atoms with Gasteiger partial charge in [0, 0.05) is 24.7 Å². The van der Waals surface area contributed by atoms with Crippen LogP contribution in [0.1, 0.15) is 59.8 Å². The van der Waals surface area contributed by atoms with Crippen LogP contribution < -0.4 is 5.32 Å². The third-order valence-corrected chi connectivity index (χ3v) is 4.01. The van der Waals surface area contributed by atoms with E-state index in [1.807, 2.05) is 0 Å². The summed E-state index contributed by atoms with van der Waals surface area (Å²) in [7, 11) is 0. The highest BCUT2D eigenvalue weighted by Gasteiger charge is 2.22. The Bertz CT molecular complexity index is 231. The van der Waals surface area contributed by atoms with Crippen molar-refractivity contribution in [2.45, 2.75) is 71.4 Å². The third kappa shape index (κ3) is 7.28. The minimum atomic E-state index is 0.195. The van der Waals surface area contributed by atoms with Gasteiger partial charge in [0.2, 0.25) is 0 Å². The van der Waals surface area contributed by atoms with Gasteiger partial charge < -0.3 is 10.4 Å². The Morgan fingerprint density at radius 3 is 2.37 bits per heavy atom. The molecule has 0 amide bonds. The highest BCUT2D eigenvalue weighted by molar-refractivity contribution is 4.79. The SMILES string of the molecule is CC(CNC(C)(C)C)CN(CCO)C1CCCCC1. The van der Waals surface area contributed by atoms with Crippen LogP contribution in [0.5, 0.6) is 0 Å². The Hall–Kier alpha value is -0.120. The molecule has 0 saturated heterocycles. The van der Waals surface area contributed by atoms with Crippen LogP contribution in [0.3, 0.4) is 0 Å². The second-order valence-electron chi connectivity index (χ2n) is 7.25. The lowest BCUT2D eigenvalue weighted by atomic mass is 9.93. The first-order chi connectivity index (χ1) is 8.92. The molecular formula is C16H34N2O. The highest BCUT2D eigenvalue weighted by Crippen LogP contribution is 2.23. The lowest BCUT2D eigenvalue weighted by Crippen LogP contribution is -2.45. The second-order valence-corrected chi connectivity index (χ2v) is 7.25.